The van der Waals surface area contributed by atoms with E-state index in [0.717, 1.165) is 25.9 Å². The molecule has 1 rings (SSSR count). The Morgan fingerprint density at radius 1 is 1.29 bits per heavy atom. The van der Waals surface area contributed by atoms with Gasteiger partial charge in [0.2, 0.25) is 0 Å². The van der Waals surface area contributed by atoms with Crippen molar-refractivity contribution in [2.45, 2.75) is 46.6 Å². The Bertz CT molecular complexity index is 471. The Morgan fingerprint density at radius 2 is 1.90 bits per heavy atom. The average Bonchev–Trinajstić information content (AvgIpc) is 2.48. The van der Waals surface area contributed by atoms with Crippen LogP contribution in [0.4, 0.5) is 11.4 Å². The fourth-order valence-electron chi connectivity index (χ4n) is 2.47. The molecular formula is C16H26N2O3. The first-order valence-electron chi connectivity index (χ1n) is 7.65. The number of hydrogen-bond acceptors (Lipinski definition) is 4. The first kappa shape index (κ1) is 17.4. The molecule has 1 atom stereocenters. The lowest BCUT2D eigenvalue weighted by Gasteiger charge is -2.27. The van der Waals surface area contributed by atoms with Gasteiger partial charge in [0.25, 0.3) is 5.69 Å². The van der Waals surface area contributed by atoms with Crippen LogP contribution in [-0.4, -0.2) is 23.1 Å². The van der Waals surface area contributed by atoms with Crippen molar-refractivity contribution in [1.82, 2.24) is 0 Å². The normalized spacial score (nSPS) is 12.5. The summed E-state index contributed by atoms with van der Waals surface area (Å²) in [6.45, 7) is 9.46. The third-order valence-corrected chi connectivity index (χ3v) is 4.03. The van der Waals surface area contributed by atoms with Gasteiger partial charge in [-0.2, -0.15) is 0 Å². The molecule has 0 amide bonds. The minimum Gasteiger partial charge on any atom is -0.389 e. The summed E-state index contributed by atoms with van der Waals surface area (Å²) in [5.41, 5.74) is 1.28. The average molecular weight is 294 g/mol. The van der Waals surface area contributed by atoms with Gasteiger partial charge in [-0.1, -0.05) is 32.8 Å². The van der Waals surface area contributed by atoms with Gasteiger partial charge in [0.1, 0.15) is 5.69 Å². The number of hydrogen-bond donors (Lipinski definition) is 1. The largest absolute Gasteiger partial charge is 0.389 e. The van der Waals surface area contributed by atoms with Crippen LogP contribution in [0.2, 0.25) is 0 Å². The van der Waals surface area contributed by atoms with Crippen molar-refractivity contribution in [2.24, 2.45) is 5.92 Å². The van der Waals surface area contributed by atoms with Crippen LogP contribution < -0.4 is 4.90 Å². The van der Waals surface area contributed by atoms with Gasteiger partial charge in [0.15, 0.2) is 0 Å². The van der Waals surface area contributed by atoms with E-state index in [1.165, 1.54) is 6.07 Å². The van der Waals surface area contributed by atoms with Crippen LogP contribution in [0.3, 0.4) is 0 Å². The number of aliphatic hydroxyl groups excluding tert-OH is 1. The zero-order valence-corrected chi connectivity index (χ0v) is 13.4. The summed E-state index contributed by atoms with van der Waals surface area (Å²) in [5, 5.41) is 20.9. The topological polar surface area (TPSA) is 66.6 Å². The molecule has 1 aromatic carbocycles. The van der Waals surface area contributed by atoms with Gasteiger partial charge in [-0.05, 0) is 31.4 Å². The van der Waals surface area contributed by atoms with Gasteiger partial charge >= 0.3 is 0 Å². The molecule has 0 unspecified atom stereocenters. The molecule has 21 heavy (non-hydrogen) atoms. The Labute approximate surface area is 126 Å². The molecule has 0 heterocycles. The highest BCUT2D eigenvalue weighted by molar-refractivity contribution is 5.64. The number of rotatable bonds is 8. The molecule has 0 fully saturated rings. The van der Waals surface area contributed by atoms with Crippen LogP contribution in [0, 0.1) is 16.0 Å². The SMILES string of the molecule is CCC(CC)CN(CC)c1ccc([C@H](C)O)cc1[N+](=O)[O-]. The minimum absolute atomic E-state index is 0.0706. The highest BCUT2D eigenvalue weighted by Crippen LogP contribution is 2.32. The third kappa shape index (κ3) is 4.43. The molecule has 0 spiro atoms. The maximum absolute atomic E-state index is 11.3. The molecule has 0 aliphatic rings. The summed E-state index contributed by atoms with van der Waals surface area (Å²) in [6, 6.07) is 5.00. The van der Waals surface area contributed by atoms with Crippen molar-refractivity contribution in [3.8, 4) is 0 Å². The van der Waals surface area contributed by atoms with E-state index in [-0.39, 0.29) is 10.6 Å². The molecule has 0 aromatic heterocycles. The van der Waals surface area contributed by atoms with E-state index in [0.29, 0.717) is 17.2 Å². The fraction of sp³-hybridized carbons (Fsp3) is 0.625. The van der Waals surface area contributed by atoms with Gasteiger partial charge < -0.3 is 10.0 Å². The number of benzene rings is 1. The smallest absolute Gasteiger partial charge is 0.292 e. The quantitative estimate of drug-likeness (QED) is 0.583. The number of anilines is 1. The van der Waals surface area contributed by atoms with Crippen LogP contribution >= 0.6 is 0 Å². The summed E-state index contributed by atoms with van der Waals surface area (Å²) in [5.74, 6) is 0.529. The molecule has 5 heteroatoms. The number of nitro groups is 1. The van der Waals surface area contributed by atoms with E-state index in [9.17, 15) is 15.2 Å². The second-order valence-electron chi connectivity index (χ2n) is 5.40. The molecule has 0 aliphatic carbocycles. The minimum atomic E-state index is -0.702. The van der Waals surface area contributed by atoms with Crippen LogP contribution in [0.5, 0.6) is 0 Å². The molecule has 1 aromatic rings. The second-order valence-corrected chi connectivity index (χ2v) is 5.40. The lowest BCUT2D eigenvalue weighted by atomic mass is 10.0. The van der Waals surface area contributed by atoms with Gasteiger partial charge in [0.05, 0.1) is 11.0 Å². The zero-order valence-electron chi connectivity index (χ0n) is 13.4. The lowest BCUT2D eigenvalue weighted by Crippen LogP contribution is -2.29. The molecule has 0 aliphatic heterocycles. The summed E-state index contributed by atoms with van der Waals surface area (Å²) in [4.78, 5) is 13.0. The Balaban J connectivity index is 3.16. The maximum Gasteiger partial charge on any atom is 0.292 e. The van der Waals surface area contributed by atoms with E-state index < -0.39 is 6.10 Å². The Kier molecular flexibility index (Phi) is 6.62. The number of aliphatic hydroxyl groups is 1. The van der Waals surface area contributed by atoms with Gasteiger partial charge in [-0.25, -0.2) is 0 Å². The lowest BCUT2D eigenvalue weighted by molar-refractivity contribution is -0.384. The summed E-state index contributed by atoms with van der Waals surface area (Å²) in [7, 11) is 0. The van der Waals surface area contributed by atoms with Crippen LogP contribution in [-0.2, 0) is 0 Å². The first-order valence-corrected chi connectivity index (χ1v) is 7.65. The summed E-state index contributed by atoms with van der Waals surface area (Å²) < 4.78 is 0. The number of nitrogens with zero attached hydrogens (tertiary/aromatic N) is 2. The fourth-order valence-corrected chi connectivity index (χ4v) is 2.47. The zero-order chi connectivity index (χ0) is 16.0. The molecular weight excluding hydrogens is 268 g/mol. The van der Waals surface area contributed by atoms with E-state index in [4.69, 9.17) is 0 Å². The molecule has 1 N–H and O–H groups in total. The van der Waals surface area contributed by atoms with Crippen molar-refractivity contribution in [3.63, 3.8) is 0 Å². The van der Waals surface area contributed by atoms with Crippen molar-refractivity contribution in [1.29, 1.82) is 0 Å². The summed E-state index contributed by atoms with van der Waals surface area (Å²) in [6.07, 6.45) is 1.42. The van der Waals surface area contributed by atoms with Crippen molar-refractivity contribution in [3.05, 3.63) is 33.9 Å². The standard InChI is InChI=1S/C16H26N2O3/c1-5-13(6-2)11-17(7-3)15-9-8-14(12(4)19)10-16(15)18(20)21/h8-10,12-13,19H,5-7,11H2,1-4H3/t12-/m0/s1. The number of nitro benzene ring substituents is 1. The first-order chi connectivity index (χ1) is 9.94. The van der Waals surface area contributed by atoms with Crippen LogP contribution in [0.1, 0.15) is 52.2 Å². The van der Waals surface area contributed by atoms with Gasteiger partial charge in [0, 0.05) is 19.2 Å². The van der Waals surface area contributed by atoms with Crippen molar-refractivity contribution < 1.29 is 10.0 Å². The van der Waals surface area contributed by atoms with E-state index in [1.54, 1.807) is 19.1 Å². The van der Waals surface area contributed by atoms with Gasteiger partial charge in [-0.15, -0.1) is 0 Å². The predicted molar refractivity (Wildman–Crippen MR) is 85.7 cm³/mol. The molecule has 0 bridgehead atoms. The molecule has 118 valence electrons. The van der Waals surface area contributed by atoms with E-state index in [1.807, 2.05) is 6.92 Å². The summed E-state index contributed by atoms with van der Waals surface area (Å²) >= 11 is 0. The highest BCUT2D eigenvalue weighted by Gasteiger charge is 2.21. The Hall–Kier alpha value is -1.62. The van der Waals surface area contributed by atoms with E-state index in [2.05, 4.69) is 18.7 Å². The third-order valence-electron chi connectivity index (χ3n) is 4.03. The molecule has 5 nitrogen and oxygen atoms in total. The van der Waals surface area contributed by atoms with Crippen LogP contribution in [0.15, 0.2) is 18.2 Å². The van der Waals surface area contributed by atoms with Gasteiger partial charge in [-0.3, -0.25) is 10.1 Å². The molecule has 0 radical (unpaired) electrons. The predicted octanol–water partition coefficient (Wildman–Crippen LogP) is 3.91. The molecule has 0 saturated carbocycles. The second kappa shape index (κ2) is 7.98. The maximum atomic E-state index is 11.3. The highest BCUT2D eigenvalue weighted by atomic mass is 16.6. The van der Waals surface area contributed by atoms with E-state index >= 15 is 0 Å². The van der Waals surface area contributed by atoms with Crippen molar-refractivity contribution >= 4 is 11.4 Å². The monoisotopic (exact) mass is 294 g/mol. The molecule has 0 saturated heterocycles. The van der Waals surface area contributed by atoms with Crippen LogP contribution in [0.25, 0.3) is 0 Å². The Morgan fingerprint density at radius 3 is 2.33 bits per heavy atom. The van der Waals surface area contributed by atoms with Crippen molar-refractivity contribution in [2.75, 3.05) is 18.0 Å².